The van der Waals surface area contributed by atoms with E-state index in [1.807, 2.05) is 0 Å². The number of carboxylic acid groups (broad SMARTS) is 1. The fraction of sp³-hybridized carbons (Fsp3) is 0.941. The minimum absolute atomic E-state index is 0.141. The summed E-state index contributed by atoms with van der Waals surface area (Å²) in [6.07, 6.45) is 4.55. The van der Waals surface area contributed by atoms with Gasteiger partial charge in [-0.2, -0.15) is 0 Å². The molecule has 0 amide bonds. The summed E-state index contributed by atoms with van der Waals surface area (Å²) in [4.78, 5) is 9.96. The zero-order valence-electron chi connectivity index (χ0n) is 15.6. The van der Waals surface area contributed by atoms with Crippen LogP contribution in [0.2, 0.25) is 0 Å². The SMILES string of the molecule is CCCCCCC(=O)O.OCC(CO)(CO)COCC(CO)(CO)CO. The number of hydrogen-bond donors (Lipinski definition) is 7. The fourth-order valence-corrected chi connectivity index (χ4v) is 1.76. The minimum atomic E-state index is -1.16. The maximum absolute atomic E-state index is 9.96. The van der Waals surface area contributed by atoms with Crippen molar-refractivity contribution in [3.8, 4) is 0 Å². The molecule has 158 valence electrons. The molecule has 0 radical (unpaired) electrons. The van der Waals surface area contributed by atoms with Crippen molar-refractivity contribution in [1.29, 1.82) is 0 Å². The van der Waals surface area contributed by atoms with Crippen molar-refractivity contribution in [2.45, 2.75) is 39.0 Å². The number of unbranched alkanes of at least 4 members (excludes halogenated alkanes) is 3. The highest BCUT2D eigenvalue weighted by Gasteiger charge is 2.32. The minimum Gasteiger partial charge on any atom is -0.481 e. The summed E-state index contributed by atoms with van der Waals surface area (Å²) in [6.45, 7) is -0.893. The highest BCUT2D eigenvalue weighted by atomic mass is 16.5. The number of ether oxygens (including phenoxy) is 1. The van der Waals surface area contributed by atoms with E-state index in [9.17, 15) is 4.79 Å². The lowest BCUT2D eigenvalue weighted by Gasteiger charge is -2.31. The normalized spacial score (nSPS) is 11.8. The molecule has 0 aromatic heterocycles. The second-order valence-electron chi connectivity index (χ2n) is 6.65. The maximum Gasteiger partial charge on any atom is 0.303 e. The van der Waals surface area contributed by atoms with Gasteiger partial charge >= 0.3 is 5.97 Å². The van der Waals surface area contributed by atoms with Gasteiger partial charge in [0.15, 0.2) is 0 Å². The van der Waals surface area contributed by atoms with Crippen molar-refractivity contribution < 1.29 is 45.3 Å². The number of aliphatic hydroxyl groups excluding tert-OH is 6. The monoisotopic (exact) mass is 384 g/mol. The summed E-state index contributed by atoms with van der Waals surface area (Å²) in [5, 5.41) is 62.4. The molecule has 0 aromatic carbocycles. The molecule has 26 heavy (non-hydrogen) atoms. The molecule has 7 N–H and O–H groups in total. The number of aliphatic carboxylic acids is 1. The number of rotatable bonds is 15. The van der Waals surface area contributed by atoms with Crippen molar-refractivity contribution in [3.05, 3.63) is 0 Å². The molecule has 9 heteroatoms. The smallest absolute Gasteiger partial charge is 0.303 e. The van der Waals surface area contributed by atoms with Crippen molar-refractivity contribution in [2.75, 3.05) is 52.9 Å². The molecule has 0 aliphatic rings. The van der Waals surface area contributed by atoms with Crippen LogP contribution in [0.25, 0.3) is 0 Å². The van der Waals surface area contributed by atoms with Crippen molar-refractivity contribution in [1.82, 2.24) is 0 Å². The van der Waals surface area contributed by atoms with E-state index in [1.165, 1.54) is 6.42 Å². The lowest BCUT2D eigenvalue weighted by atomic mass is 9.91. The Hall–Kier alpha value is -0.810. The average Bonchev–Trinajstić information content (AvgIpc) is 2.67. The van der Waals surface area contributed by atoms with Crippen LogP contribution in [-0.2, 0) is 9.53 Å². The molecule has 0 unspecified atom stereocenters. The number of carbonyl (C=O) groups is 1. The highest BCUT2D eigenvalue weighted by molar-refractivity contribution is 5.66. The first-order valence-corrected chi connectivity index (χ1v) is 8.79. The first kappa shape index (κ1) is 27.4. The molecule has 9 nitrogen and oxygen atoms in total. The summed E-state index contributed by atoms with van der Waals surface area (Å²) in [5.74, 6) is -0.675. The zero-order valence-corrected chi connectivity index (χ0v) is 15.6. The Morgan fingerprint density at radius 1 is 0.731 bits per heavy atom. The van der Waals surface area contributed by atoms with Gasteiger partial charge in [0.1, 0.15) is 0 Å². The summed E-state index contributed by atoms with van der Waals surface area (Å²) in [5.41, 5.74) is -2.32. The van der Waals surface area contributed by atoms with E-state index in [0.717, 1.165) is 19.3 Å². The second kappa shape index (κ2) is 16.4. The fourth-order valence-electron chi connectivity index (χ4n) is 1.76. The topological polar surface area (TPSA) is 168 Å². The van der Waals surface area contributed by atoms with Crippen LogP contribution in [0.4, 0.5) is 0 Å². The molecule has 0 atom stereocenters. The van der Waals surface area contributed by atoms with Crippen LogP contribution >= 0.6 is 0 Å². The molecule has 0 rings (SSSR count). The lowest BCUT2D eigenvalue weighted by molar-refractivity contribution is -0.137. The molecule has 0 saturated heterocycles. The molecule has 0 heterocycles. The molecular weight excluding hydrogens is 348 g/mol. The van der Waals surface area contributed by atoms with E-state index in [4.69, 9.17) is 40.5 Å². The highest BCUT2D eigenvalue weighted by Crippen LogP contribution is 2.19. The maximum atomic E-state index is 9.96. The number of hydrogen-bond acceptors (Lipinski definition) is 8. The van der Waals surface area contributed by atoms with Crippen LogP contribution in [0.15, 0.2) is 0 Å². The van der Waals surface area contributed by atoms with Gasteiger partial charge in [-0.1, -0.05) is 26.2 Å². The predicted molar refractivity (Wildman–Crippen MR) is 94.6 cm³/mol. The quantitative estimate of drug-likeness (QED) is 0.175. The van der Waals surface area contributed by atoms with E-state index in [2.05, 4.69) is 6.92 Å². The zero-order chi connectivity index (χ0) is 20.5. The Morgan fingerprint density at radius 2 is 1.12 bits per heavy atom. The van der Waals surface area contributed by atoms with Gasteiger partial charge in [0.2, 0.25) is 0 Å². The van der Waals surface area contributed by atoms with Crippen LogP contribution in [0.5, 0.6) is 0 Å². The molecule has 0 saturated carbocycles. The molecule has 0 aliphatic carbocycles. The van der Waals surface area contributed by atoms with Gasteiger partial charge in [-0.05, 0) is 6.42 Å². The van der Waals surface area contributed by atoms with Crippen LogP contribution in [0.3, 0.4) is 0 Å². The van der Waals surface area contributed by atoms with E-state index in [1.54, 1.807) is 0 Å². The second-order valence-corrected chi connectivity index (χ2v) is 6.65. The van der Waals surface area contributed by atoms with E-state index in [0.29, 0.717) is 6.42 Å². The van der Waals surface area contributed by atoms with Gasteiger partial charge in [-0.15, -0.1) is 0 Å². The number of carboxylic acids is 1. The lowest BCUT2D eigenvalue weighted by Crippen LogP contribution is -2.43. The Kier molecular flexibility index (Phi) is 17.3. The first-order valence-electron chi connectivity index (χ1n) is 8.79. The molecule has 0 fully saturated rings. The molecular formula is C17H36O9. The summed E-state index contributed by atoms with van der Waals surface area (Å²) >= 11 is 0. The standard InChI is InChI=1S/C10H22O7.C7H14O2/c11-1-9(2-12,3-13)7-17-8-10(4-14,5-15)6-16;1-2-3-4-5-6-7(8)9/h11-16H,1-8H2;2-6H2,1H3,(H,8,9). The van der Waals surface area contributed by atoms with Crippen molar-refractivity contribution in [2.24, 2.45) is 10.8 Å². The van der Waals surface area contributed by atoms with Gasteiger partial charge < -0.3 is 40.5 Å². The molecule has 0 aromatic rings. The molecule has 0 bridgehead atoms. The van der Waals surface area contributed by atoms with E-state index in [-0.39, 0.29) is 13.2 Å². The molecule has 0 aliphatic heterocycles. The summed E-state index contributed by atoms with van der Waals surface area (Å²) in [6, 6.07) is 0. The van der Waals surface area contributed by atoms with Crippen LogP contribution < -0.4 is 0 Å². The Labute approximate surface area is 154 Å². The van der Waals surface area contributed by atoms with Crippen LogP contribution in [0, 0.1) is 10.8 Å². The molecule has 0 spiro atoms. The van der Waals surface area contributed by atoms with Crippen molar-refractivity contribution >= 4 is 5.97 Å². The largest absolute Gasteiger partial charge is 0.481 e. The van der Waals surface area contributed by atoms with Crippen LogP contribution in [-0.4, -0.2) is 94.6 Å². The van der Waals surface area contributed by atoms with E-state index < -0.39 is 56.4 Å². The van der Waals surface area contributed by atoms with Gasteiger partial charge in [-0.3, -0.25) is 4.79 Å². The number of aliphatic hydroxyl groups is 6. The Morgan fingerprint density at radius 3 is 1.38 bits per heavy atom. The third kappa shape index (κ3) is 11.7. The summed E-state index contributed by atoms with van der Waals surface area (Å²) < 4.78 is 5.15. The van der Waals surface area contributed by atoms with Crippen LogP contribution in [0.1, 0.15) is 39.0 Å². The Bertz CT molecular complexity index is 292. The summed E-state index contributed by atoms with van der Waals surface area (Å²) in [7, 11) is 0. The predicted octanol–water partition coefficient (Wildman–Crippen LogP) is -1.03. The average molecular weight is 384 g/mol. The van der Waals surface area contributed by atoms with E-state index >= 15 is 0 Å². The van der Waals surface area contributed by atoms with Gasteiger partial charge in [0.05, 0.1) is 63.7 Å². The van der Waals surface area contributed by atoms with Gasteiger partial charge in [0, 0.05) is 6.42 Å². The third-order valence-corrected chi connectivity index (χ3v) is 4.07. The Balaban J connectivity index is 0. The first-order chi connectivity index (χ1) is 12.3. The van der Waals surface area contributed by atoms with Gasteiger partial charge in [0.25, 0.3) is 0 Å². The third-order valence-electron chi connectivity index (χ3n) is 4.07. The van der Waals surface area contributed by atoms with Crippen molar-refractivity contribution in [3.63, 3.8) is 0 Å². The van der Waals surface area contributed by atoms with Gasteiger partial charge in [-0.25, -0.2) is 0 Å².